The molecule has 1 aliphatic heterocycles. The van der Waals surface area contributed by atoms with Crippen LogP contribution in [0.3, 0.4) is 0 Å². The Kier molecular flexibility index (Phi) is 3.23. The fraction of sp³-hybridized carbons (Fsp3) is 0.556. The molecule has 15 heavy (non-hydrogen) atoms. The maximum absolute atomic E-state index is 11.9. The third-order valence-corrected chi connectivity index (χ3v) is 2.69. The van der Waals surface area contributed by atoms with E-state index in [9.17, 15) is 4.79 Å². The standard InChI is InChI=1S/C9H12ClN3O2/c10-3-8-6-13(1-2-15-8)9(14)7-4-11-12-5-7/h4-5,8H,1-3,6H2,(H,11,12). The van der Waals surface area contributed by atoms with Crippen molar-refractivity contribution in [2.75, 3.05) is 25.6 Å². The number of aromatic nitrogens is 2. The van der Waals surface area contributed by atoms with E-state index >= 15 is 0 Å². The van der Waals surface area contributed by atoms with Crippen LogP contribution in [0.25, 0.3) is 0 Å². The lowest BCUT2D eigenvalue weighted by molar-refractivity contribution is -0.0108. The Bertz CT molecular complexity index is 328. The first-order valence-electron chi connectivity index (χ1n) is 4.77. The second-order valence-corrected chi connectivity index (χ2v) is 3.69. The Morgan fingerprint density at radius 1 is 1.80 bits per heavy atom. The number of ether oxygens (including phenoxy) is 1. The van der Waals surface area contributed by atoms with Crippen LogP contribution < -0.4 is 0 Å². The van der Waals surface area contributed by atoms with Crippen molar-refractivity contribution < 1.29 is 9.53 Å². The predicted octanol–water partition coefficient (Wildman–Crippen LogP) is 0.489. The summed E-state index contributed by atoms with van der Waals surface area (Å²) in [5.74, 6) is 0.386. The van der Waals surface area contributed by atoms with Gasteiger partial charge in [0.15, 0.2) is 0 Å². The number of halogens is 1. The number of hydrogen-bond acceptors (Lipinski definition) is 3. The first-order valence-corrected chi connectivity index (χ1v) is 5.30. The van der Waals surface area contributed by atoms with E-state index in [1.165, 1.54) is 6.20 Å². The van der Waals surface area contributed by atoms with E-state index in [0.29, 0.717) is 31.1 Å². The van der Waals surface area contributed by atoms with Crippen LogP contribution in [0.2, 0.25) is 0 Å². The number of nitrogens with one attached hydrogen (secondary N) is 1. The highest BCUT2D eigenvalue weighted by molar-refractivity contribution is 6.18. The summed E-state index contributed by atoms with van der Waals surface area (Å²) in [6.07, 6.45) is 3.05. The summed E-state index contributed by atoms with van der Waals surface area (Å²) >= 11 is 5.69. The molecule has 1 N–H and O–H groups in total. The van der Waals surface area contributed by atoms with Crippen LogP contribution in [0.1, 0.15) is 10.4 Å². The van der Waals surface area contributed by atoms with Crippen molar-refractivity contribution in [3.63, 3.8) is 0 Å². The van der Waals surface area contributed by atoms with E-state index in [1.54, 1.807) is 11.1 Å². The molecule has 0 spiro atoms. The fourth-order valence-corrected chi connectivity index (χ4v) is 1.73. The highest BCUT2D eigenvalue weighted by Gasteiger charge is 2.24. The van der Waals surface area contributed by atoms with Gasteiger partial charge in [-0.1, -0.05) is 0 Å². The Balaban J connectivity index is 2.01. The molecule has 0 aromatic carbocycles. The summed E-state index contributed by atoms with van der Waals surface area (Å²) in [7, 11) is 0. The minimum atomic E-state index is -0.0590. The third-order valence-electron chi connectivity index (χ3n) is 2.34. The van der Waals surface area contributed by atoms with Gasteiger partial charge in [-0.15, -0.1) is 11.6 Å². The van der Waals surface area contributed by atoms with Crippen LogP contribution in [0, 0.1) is 0 Å². The van der Waals surface area contributed by atoms with Gasteiger partial charge in [0.1, 0.15) is 0 Å². The summed E-state index contributed by atoms with van der Waals surface area (Å²) < 4.78 is 5.38. The van der Waals surface area contributed by atoms with E-state index in [4.69, 9.17) is 16.3 Å². The molecule has 1 aliphatic rings. The highest BCUT2D eigenvalue weighted by atomic mass is 35.5. The normalized spacial score (nSPS) is 21.7. The van der Waals surface area contributed by atoms with Crippen molar-refractivity contribution in [1.82, 2.24) is 15.1 Å². The second kappa shape index (κ2) is 4.63. The Morgan fingerprint density at radius 2 is 2.67 bits per heavy atom. The molecule has 0 aliphatic carbocycles. The van der Waals surface area contributed by atoms with Crippen LogP contribution in [-0.4, -0.2) is 52.7 Å². The smallest absolute Gasteiger partial charge is 0.257 e. The monoisotopic (exact) mass is 229 g/mol. The molecule has 0 saturated carbocycles. The number of amides is 1. The first-order chi connectivity index (χ1) is 7.31. The molecule has 2 rings (SSSR count). The number of H-pyrrole nitrogens is 1. The second-order valence-electron chi connectivity index (χ2n) is 3.39. The van der Waals surface area contributed by atoms with Gasteiger partial charge in [-0.3, -0.25) is 9.89 Å². The molecular weight excluding hydrogens is 218 g/mol. The number of carbonyl (C=O) groups excluding carboxylic acids is 1. The van der Waals surface area contributed by atoms with E-state index < -0.39 is 0 Å². The van der Waals surface area contributed by atoms with Gasteiger partial charge in [-0.2, -0.15) is 5.10 Å². The largest absolute Gasteiger partial charge is 0.373 e. The van der Waals surface area contributed by atoms with Crippen LogP contribution >= 0.6 is 11.6 Å². The summed E-state index contributed by atoms with van der Waals surface area (Å²) in [6, 6.07) is 0. The van der Waals surface area contributed by atoms with E-state index in [-0.39, 0.29) is 12.0 Å². The van der Waals surface area contributed by atoms with Crippen molar-refractivity contribution in [2.24, 2.45) is 0 Å². The van der Waals surface area contributed by atoms with Gasteiger partial charge in [-0.05, 0) is 0 Å². The molecule has 1 amide bonds. The summed E-state index contributed by atoms with van der Waals surface area (Å²) in [4.78, 5) is 13.6. The van der Waals surface area contributed by atoms with Gasteiger partial charge in [0.2, 0.25) is 0 Å². The number of rotatable bonds is 2. The van der Waals surface area contributed by atoms with Gasteiger partial charge >= 0.3 is 0 Å². The van der Waals surface area contributed by atoms with Gasteiger partial charge in [0.25, 0.3) is 5.91 Å². The average Bonchev–Trinajstić information content (AvgIpc) is 2.81. The zero-order chi connectivity index (χ0) is 10.7. The van der Waals surface area contributed by atoms with Crippen molar-refractivity contribution in [1.29, 1.82) is 0 Å². The number of aromatic amines is 1. The minimum absolute atomic E-state index is 0.0258. The molecule has 2 heterocycles. The number of carbonyl (C=O) groups is 1. The van der Waals surface area contributed by atoms with E-state index in [2.05, 4.69) is 10.2 Å². The van der Waals surface area contributed by atoms with Crippen LogP contribution in [0.4, 0.5) is 0 Å². The molecule has 1 aromatic rings. The van der Waals surface area contributed by atoms with Gasteiger partial charge < -0.3 is 9.64 Å². The fourth-order valence-electron chi connectivity index (χ4n) is 1.55. The molecule has 1 atom stereocenters. The predicted molar refractivity (Wildman–Crippen MR) is 55.0 cm³/mol. The van der Waals surface area contributed by atoms with Crippen molar-refractivity contribution in [3.8, 4) is 0 Å². The molecule has 0 bridgehead atoms. The summed E-state index contributed by atoms with van der Waals surface area (Å²) in [5.41, 5.74) is 0.574. The third kappa shape index (κ3) is 2.30. The maximum atomic E-state index is 11.9. The maximum Gasteiger partial charge on any atom is 0.257 e. The van der Waals surface area contributed by atoms with Crippen LogP contribution in [-0.2, 0) is 4.74 Å². The molecule has 1 fully saturated rings. The lowest BCUT2D eigenvalue weighted by Gasteiger charge is -2.31. The number of hydrogen-bond donors (Lipinski definition) is 1. The Labute approximate surface area is 92.4 Å². The molecule has 0 radical (unpaired) electrons. The minimum Gasteiger partial charge on any atom is -0.373 e. The average molecular weight is 230 g/mol. The van der Waals surface area contributed by atoms with Crippen LogP contribution in [0.15, 0.2) is 12.4 Å². The van der Waals surface area contributed by atoms with Crippen molar-refractivity contribution in [2.45, 2.75) is 6.10 Å². The zero-order valence-corrected chi connectivity index (χ0v) is 8.91. The molecule has 82 valence electrons. The van der Waals surface area contributed by atoms with Gasteiger partial charge in [0.05, 0.1) is 30.4 Å². The lowest BCUT2D eigenvalue weighted by Crippen LogP contribution is -2.46. The number of nitrogens with zero attached hydrogens (tertiary/aromatic N) is 2. The Hall–Kier alpha value is -1.07. The quantitative estimate of drug-likeness (QED) is 0.751. The summed E-state index contributed by atoms with van der Waals surface area (Å²) in [6.45, 7) is 1.70. The number of morpholine rings is 1. The van der Waals surface area contributed by atoms with Gasteiger partial charge in [0, 0.05) is 19.3 Å². The zero-order valence-electron chi connectivity index (χ0n) is 8.15. The van der Waals surface area contributed by atoms with Crippen LogP contribution in [0.5, 0.6) is 0 Å². The molecular formula is C9H12ClN3O2. The van der Waals surface area contributed by atoms with E-state index in [0.717, 1.165) is 0 Å². The molecule has 1 saturated heterocycles. The summed E-state index contributed by atoms with van der Waals surface area (Å²) in [5, 5.41) is 6.37. The lowest BCUT2D eigenvalue weighted by atomic mass is 10.2. The van der Waals surface area contributed by atoms with Gasteiger partial charge in [-0.25, -0.2) is 0 Å². The van der Waals surface area contributed by atoms with Crippen molar-refractivity contribution in [3.05, 3.63) is 18.0 Å². The molecule has 1 aromatic heterocycles. The van der Waals surface area contributed by atoms with Crippen molar-refractivity contribution >= 4 is 17.5 Å². The SMILES string of the molecule is O=C(c1cn[nH]c1)N1CCOC(CCl)C1. The molecule has 5 nitrogen and oxygen atoms in total. The number of alkyl halides is 1. The first kappa shape index (κ1) is 10.4. The molecule has 1 unspecified atom stereocenters. The highest BCUT2D eigenvalue weighted by Crippen LogP contribution is 2.10. The van der Waals surface area contributed by atoms with E-state index in [1.807, 2.05) is 0 Å². The Morgan fingerprint density at radius 3 is 3.33 bits per heavy atom. The topological polar surface area (TPSA) is 58.2 Å². The molecule has 6 heteroatoms.